The van der Waals surface area contributed by atoms with Crippen molar-refractivity contribution in [2.24, 2.45) is 0 Å². The summed E-state index contributed by atoms with van der Waals surface area (Å²) in [5, 5.41) is 5.91. The molecule has 0 atom stereocenters. The van der Waals surface area contributed by atoms with E-state index in [0.717, 1.165) is 16.7 Å². The van der Waals surface area contributed by atoms with Gasteiger partial charge in [0.15, 0.2) is 0 Å². The molecule has 28 heavy (non-hydrogen) atoms. The molecule has 0 aliphatic rings. The average molecular weight is 393 g/mol. The lowest BCUT2D eigenvalue weighted by Gasteiger charge is -2.18. The van der Waals surface area contributed by atoms with Crippen molar-refractivity contribution in [3.05, 3.63) is 107 Å². The Hall–Kier alpha value is -3.11. The molecule has 0 heterocycles. The molecule has 0 aromatic heterocycles. The van der Waals surface area contributed by atoms with Gasteiger partial charge >= 0.3 is 11.8 Å². The van der Waals surface area contributed by atoms with Crippen LogP contribution < -0.4 is 10.6 Å². The van der Waals surface area contributed by atoms with Crippen LogP contribution in [0.25, 0.3) is 0 Å². The second-order valence-electron chi connectivity index (χ2n) is 6.36. The summed E-state index contributed by atoms with van der Waals surface area (Å²) < 4.78 is 0. The first-order valence-corrected chi connectivity index (χ1v) is 9.42. The van der Waals surface area contributed by atoms with Gasteiger partial charge in [-0.15, -0.1) is 0 Å². The second-order valence-corrected chi connectivity index (χ2v) is 6.77. The summed E-state index contributed by atoms with van der Waals surface area (Å²) >= 11 is 6.07. The Morgan fingerprint density at radius 1 is 0.714 bits per heavy atom. The van der Waals surface area contributed by atoms with Crippen LogP contribution in [-0.2, 0) is 16.1 Å². The Bertz CT molecular complexity index is 890. The number of hydrogen-bond donors (Lipinski definition) is 2. The summed E-state index contributed by atoms with van der Waals surface area (Å²) in [6, 6.07) is 27.0. The summed E-state index contributed by atoms with van der Waals surface area (Å²) in [4.78, 5) is 24.4. The van der Waals surface area contributed by atoms with Crippen LogP contribution >= 0.6 is 11.6 Å². The van der Waals surface area contributed by atoms with Crippen LogP contribution in [-0.4, -0.2) is 18.4 Å². The molecule has 0 fully saturated rings. The zero-order valence-corrected chi connectivity index (χ0v) is 16.0. The molecule has 2 N–H and O–H groups in total. The van der Waals surface area contributed by atoms with E-state index in [1.807, 2.05) is 72.8 Å². The second kappa shape index (κ2) is 9.72. The number of carbonyl (C=O) groups excluding carboxylic acids is 2. The van der Waals surface area contributed by atoms with E-state index in [-0.39, 0.29) is 12.5 Å². The van der Waals surface area contributed by atoms with Crippen LogP contribution in [0.5, 0.6) is 0 Å². The van der Waals surface area contributed by atoms with Crippen molar-refractivity contribution >= 4 is 23.4 Å². The Labute approximate surface area is 169 Å². The Balaban J connectivity index is 1.62. The van der Waals surface area contributed by atoms with Gasteiger partial charge in [0, 0.05) is 24.0 Å². The van der Waals surface area contributed by atoms with Crippen molar-refractivity contribution in [1.29, 1.82) is 0 Å². The maximum Gasteiger partial charge on any atom is 0.309 e. The molecular formula is C23H21ClN2O2. The van der Waals surface area contributed by atoms with Crippen molar-refractivity contribution in [2.75, 3.05) is 6.54 Å². The predicted octanol–water partition coefficient (Wildman–Crippen LogP) is 3.90. The van der Waals surface area contributed by atoms with Crippen LogP contribution in [0.3, 0.4) is 0 Å². The van der Waals surface area contributed by atoms with Crippen LogP contribution in [0.4, 0.5) is 0 Å². The highest BCUT2D eigenvalue weighted by molar-refractivity contribution is 6.35. The van der Waals surface area contributed by atoms with Crippen LogP contribution in [0.2, 0.25) is 5.02 Å². The minimum Gasteiger partial charge on any atom is -0.347 e. The van der Waals surface area contributed by atoms with E-state index in [2.05, 4.69) is 10.6 Å². The monoisotopic (exact) mass is 392 g/mol. The number of hydrogen-bond acceptors (Lipinski definition) is 2. The molecule has 142 valence electrons. The highest BCUT2D eigenvalue weighted by Crippen LogP contribution is 2.23. The predicted molar refractivity (Wildman–Crippen MR) is 111 cm³/mol. The molecule has 0 aliphatic carbocycles. The molecule has 3 rings (SSSR count). The summed E-state index contributed by atoms with van der Waals surface area (Å²) in [5.41, 5.74) is 2.91. The Morgan fingerprint density at radius 3 is 1.79 bits per heavy atom. The van der Waals surface area contributed by atoms with E-state index in [1.54, 1.807) is 12.1 Å². The fourth-order valence-electron chi connectivity index (χ4n) is 2.97. The smallest absolute Gasteiger partial charge is 0.309 e. The molecule has 5 heteroatoms. The normalized spacial score (nSPS) is 10.5. The van der Waals surface area contributed by atoms with E-state index in [1.165, 1.54) is 0 Å². The third kappa shape index (κ3) is 5.21. The average Bonchev–Trinajstić information content (AvgIpc) is 2.74. The quantitative estimate of drug-likeness (QED) is 0.625. The maximum atomic E-state index is 12.3. The van der Waals surface area contributed by atoms with Crippen molar-refractivity contribution in [3.63, 3.8) is 0 Å². The van der Waals surface area contributed by atoms with E-state index in [4.69, 9.17) is 11.6 Å². The molecule has 0 saturated heterocycles. The standard InChI is InChI=1S/C23H21ClN2O2/c24-21-14-8-7-13-19(21)15-25-22(27)23(28)26-16-20(17-9-3-1-4-10-17)18-11-5-2-6-12-18/h1-14,20H,15-16H2,(H,25,27)(H,26,28). The van der Waals surface area contributed by atoms with Crippen LogP contribution in [0.1, 0.15) is 22.6 Å². The molecule has 0 radical (unpaired) electrons. The molecule has 0 spiro atoms. The molecular weight excluding hydrogens is 372 g/mol. The molecule has 4 nitrogen and oxygen atoms in total. The summed E-state index contributed by atoms with van der Waals surface area (Å²) in [7, 11) is 0. The first kappa shape index (κ1) is 19.6. The molecule has 2 amide bonds. The first-order valence-electron chi connectivity index (χ1n) is 9.04. The molecule has 0 saturated carbocycles. The third-order valence-electron chi connectivity index (χ3n) is 4.47. The minimum absolute atomic E-state index is 0.0392. The van der Waals surface area contributed by atoms with Gasteiger partial charge in [-0.05, 0) is 22.8 Å². The Kier molecular flexibility index (Phi) is 6.82. The number of rotatable bonds is 6. The van der Waals surface area contributed by atoms with E-state index in [0.29, 0.717) is 11.6 Å². The fraction of sp³-hybridized carbons (Fsp3) is 0.130. The number of carbonyl (C=O) groups is 2. The summed E-state index contributed by atoms with van der Waals surface area (Å²) in [6.07, 6.45) is 0. The van der Waals surface area contributed by atoms with Crippen molar-refractivity contribution in [2.45, 2.75) is 12.5 Å². The molecule has 3 aromatic rings. The number of amides is 2. The lowest BCUT2D eigenvalue weighted by Crippen LogP contribution is -2.41. The van der Waals surface area contributed by atoms with Gasteiger partial charge in [-0.3, -0.25) is 9.59 Å². The number of benzene rings is 3. The minimum atomic E-state index is -0.681. The third-order valence-corrected chi connectivity index (χ3v) is 4.84. The van der Waals surface area contributed by atoms with Crippen molar-refractivity contribution in [3.8, 4) is 0 Å². The van der Waals surface area contributed by atoms with E-state index < -0.39 is 11.8 Å². The van der Waals surface area contributed by atoms with Gasteiger partial charge in [0.1, 0.15) is 0 Å². The molecule has 3 aromatic carbocycles. The highest BCUT2D eigenvalue weighted by Gasteiger charge is 2.18. The van der Waals surface area contributed by atoms with Gasteiger partial charge in [-0.25, -0.2) is 0 Å². The van der Waals surface area contributed by atoms with Crippen molar-refractivity contribution in [1.82, 2.24) is 10.6 Å². The van der Waals surface area contributed by atoms with Gasteiger partial charge in [0.05, 0.1) is 0 Å². The Morgan fingerprint density at radius 2 is 1.21 bits per heavy atom. The molecule has 0 aliphatic heterocycles. The van der Waals surface area contributed by atoms with Crippen LogP contribution in [0.15, 0.2) is 84.9 Å². The maximum absolute atomic E-state index is 12.3. The van der Waals surface area contributed by atoms with E-state index in [9.17, 15) is 9.59 Å². The highest BCUT2D eigenvalue weighted by atomic mass is 35.5. The van der Waals surface area contributed by atoms with Gasteiger partial charge in [0.2, 0.25) is 0 Å². The zero-order valence-electron chi connectivity index (χ0n) is 15.3. The van der Waals surface area contributed by atoms with Crippen LogP contribution in [0, 0.1) is 0 Å². The summed E-state index contributed by atoms with van der Waals surface area (Å²) in [6.45, 7) is 0.527. The topological polar surface area (TPSA) is 58.2 Å². The van der Waals surface area contributed by atoms with Gasteiger partial charge in [-0.1, -0.05) is 90.5 Å². The molecule has 0 unspecified atom stereocenters. The first-order chi connectivity index (χ1) is 13.6. The van der Waals surface area contributed by atoms with Gasteiger partial charge in [0.25, 0.3) is 0 Å². The van der Waals surface area contributed by atoms with Crippen molar-refractivity contribution < 1.29 is 9.59 Å². The molecule has 0 bridgehead atoms. The SMILES string of the molecule is O=C(NCc1ccccc1Cl)C(=O)NCC(c1ccccc1)c1ccccc1. The lowest BCUT2D eigenvalue weighted by molar-refractivity contribution is -0.139. The summed E-state index contributed by atoms with van der Waals surface area (Å²) in [5.74, 6) is -1.38. The largest absolute Gasteiger partial charge is 0.347 e. The number of nitrogens with one attached hydrogen (secondary N) is 2. The van der Waals surface area contributed by atoms with Gasteiger partial charge < -0.3 is 10.6 Å². The van der Waals surface area contributed by atoms with Gasteiger partial charge in [-0.2, -0.15) is 0 Å². The zero-order chi connectivity index (χ0) is 19.8. The fourth-order valence-corrected chi connectivity index (χ4v) is 3.17. The van der Waals surface area contributed by atoms with E-state index >= 15 is 0 Å². The lowest BCUT2D eigenvalue weighted by atomic mass is 9.91. The number of halogens is 1.